The summed E-state index contributed by atoms with van der Waals surface area (Å²) < 4.78 is 0. The van der Waals surface area contributed by atoms with E-state index in [9.17, 15) is 14.4 Å². The molecule has 2 aromatic rings. The van der Waals surface area contributed by atoms with Crippen molar-refractivity contribution in [1.29, 1.82) is 0 Å². The van der Waals surface area contributed by atoms with Crippen LogP contribution in [-0.4, -0.2) is 52.5 Å². The highest BCUT2D eigenvalue weighted by molar-refractivity contribution is 5.96. The Morgan fingerprint density at radius 2 is 1.94 bits per heavy atom. The number of anilines is 1. The van der Waals surface area contributed by atoms with Crippen LogP contribution in [-0.2, 0) is 4.79 Å². The zero-order chi connectivity index (χ0) is 23.5. The minimum Gasteiger partial charge on any atom is -0.465 e. The summed E-state index contributed by atoms with van der Waals surface area (Å²) in [7, 11) is 0. The van der Waals surface area contributed by atoms with Gasteiger partial charge in [0.1, 0.15) is 0 Å². The van der Waals surface area contributed by atoms with Crippen LogP contribution in [0.1, 0.15) is 48.0 Å². The van der Waals surface area contributed by atoms with E-state index >= 15 is 0 Å². The molecule has 1 aromatic heterocycles. The second-order valence-corrected chi connectivity index (χ2v) is 8.15. The normalized spacial score (nSPS) is 14.2. The number of amides is 3. The summed E-state index contributed by atoms with van der Waals surface area (Å²) in [5.41, 5.74) is 1.78. The largest absolute Gasteiger partial charge is 0.465 e. The number of piperidine rings is 1. The van der Waals surface area contributed by atoms with Crippen molar-refractivity contribution in [1.82, 2.24) is 15.2 Å². The molecule has 1 fully saturated rings. The standard InChI is InChI=1S/C25H30N4O4/c30-23(10-9-20-6-4-13-26-18-20)27-14-2-1-5-19-11-15-29(16-12-19)24(31)21-7-3-8-22(17-21)28-25(32)33/h3-4,6-10,13,17-19,28H,1-2,5,11-12,14-16H2,(H,27,30)(H,32,33)/b10-9+. The highest BCUT2D eigenvalue weighted by Gasteiger charge is 2.23. The number of benzene rings is 1. The first-order valence-electron chi connectivity index (χ1n) is 11.3. The van der Waals surface area contributed by atoms with Crippen LogP contribution in [0.4, 0.5) is 10.5 Å². The van der Waals surface area contributed by atoms with Crippen molar-refractivity contribution in [2.24, 2.45) is 5.92 Å². The summed E-state index contributed by atoms with van der Waals surface area (Å²) in [5, 5.41) is 14.0. The van der Waals surface area contributed by atoms with Crippen LogP contribution in [0, 0.1) is 5.92 Å². The molecular weight excluding hydrogens is 420 g/mol. The van der Waals surface area contributed by atoms with Gasteiger partial charge in [-0.3, -0.25) is 19.9 Å². The number of hydrogen-bond acceptors (Lipinski definition) is 4. The lowest BCUT2D eigenvalue weighted by atomic mass is 9.91. The molecular formula is C25H30N4O4. The molecule has 8 nitrogen and oxygen atoms in total. The van der Waals surface area contributed by atoms with Crippen molar-refractivity contribution in [2.75, 3.05) is 25.0 Å². The number of rotatable bonds is 9. The van der Waals surface area contributed by atoms with Gasteiger partial charge in [-0.2, -0.15) is 0 Å². The fourth-order valence-electron chi connectivity index (χ4n) is 3.94. The van der Waals surface area contributed by atoms with Crippen LogP contribution < -0.4 is 10.6 Å². The van der Waals surface area contributed by atoms with Gasteiger partial charge in [0.15, 0.2) is 0 Å². The molecule has 174 valence electrons. The Kier molecular flexibility index (Phi) is 8.99. The highest BCUT2D eigenvalue weighted by atomic mass is 16.4. The number of carboxylic acid groups (broad SMARTS) is 1. The summed E-state index contributed by atoms with van der Waals surface area (Å²) in [4.78, 5) is 41.3. The zero-order valence-corrected chi connectivity index (χ0v) is 18.6. The van der Waals surface area contributed by atoms with Crippen LogP contribution in [0.15, 0.2) is 54.9 Å². The summed E-state index contributed by atoms with van der Waals surface area (Å²) >= 11 is 0. The lowest BCUT2D eigenvalue weighted by molar-refractivity contribution is -0.116. The number of aromatic nitrogens is 1. The van der Waals surface area contributed by atoms with Gasteiger partial charge in [-0.25, -0.2) is 4.79 Å². The van der Waals surface area contributed by atoms with Crippen LogP contribution in [0.25, 0.3) is 6.08 Å². The van der Waals surface area contributed by atoms with Crippen molar-refractivity contribution < 1.29 is 19.5 Å². The number of pyridine rings is 1. The number of carbonyl (C=O) groups is 3. The van der Waals surface area contributed by atoms with E-state index in [1.54, 1.807) is 42.7 Å². The van der Waals surface area contributed by atoms with Crippen molar-refractivity contribution in [3.8, 4) is 0 Å². The Hall–Kier alpha value is -3.68. The van der Waals surface area contributed by atoms with E-state index in [4.69, 9.17) is 5.11 Å². The lowest BCUT2D eigenvalue weighted by Gasteiger charge is -2.32. The first-order chi connectivity index (χ1) is 16.0. The maximum Gasteiger partial charge on any atom is 0.409 e. The Morgan fingerprint density at radius 3 is 2.67 bits per heavy atom. The summed E-state index contributed by atoms with van der Waals surface area (Å²) in [6, 6.07) is 10.3. The predicted octanol–water partition coefficient (Wildman–Crippen LogP) is 4.02. The maximum atomic E-state index is 12.8. The fourth-order valence-corrected chi connectivity index (χ4v) is 3.94. The second-order valence-electron chi connectivity index (χ2n) is 8.15. The third-order valence-electron chi connectivity index (χ3n) is 5.71. The topological polar surface area (TPSA) is 112 Å². The van der Waals surface area contributed by atoms with E-state index in [0.29, 0.717) is 36.8 Å². The molecule has 1 saturated heterocycles. The third-order valence-corrected chi connectivity index (χ3v) is 5.71. The molecule has 1 aromatic carbocycles. The van der Waals surface area contributed by atoms with Crippen molar-refractivity contribution in [3.05, 3.63) is 66.0 Å². The predicted molar refractivity (Wildman–Crippen MR) is 127 cm³/mol. The van der Waals surface area contributed by atoms with Gasteiger partial charge in [0.25, 0.3) is 5.91 Å². The van der Waals surface area contributed by atoms with Gasteiger partial charge < -0.3 is 15.3 Å². The fraction of sp³-hybridized carbons (Fsp3) is 0.360. The monoisotopic (exact) mass is 450 g/mol. The highest BCUT2D eigenvalue weighted by Crippen LogP contribution is 2.24. The molecule has 3 amide bonds. The van der Waals surface area contributed by atoms with Crippen LogP contribution >= 0.6 is 0 Å². The van der Waals surface area contributed by atoms with Gasteiger partial charge >= 0.3 is 6.09 Å². The number of nitrogens with zero attached hydrogens (tertiary/aromatic N) is 2. The molecule has 0 spiro atoms. The smallest absolute Gasteiger partial charge is 0.409 e. The van der Waals surface area contributed by atoms with Gasteiger partial charge in [0, 0.05) is 49.4 Å². The van der Waals surface area contributed by atoms with E-state index in [-0.39, 0.29) is 11.8 Å². The quantitative estimate of drug-likeness (QED) is 0.395. The minimum absolute atomic E-state index is 0.0652. The van der Waals surface area contributed by atoms with Gasteiger partial charge in [-0.1, -0.05) is 25.0 Å². The summed E-state index contributed by atoms with van der Waals surface area (Å²) in [6.45, 7) is 2.06. The molecule has 0 radical (unpaired) electrons. The number of unbranched alkanes of at least 4 members (excludes halogenated alkanes) is 1. The summed E-state index contributed by atoms with van der Waals surface area (Å²) in [6.07, 6.45) is 10.5. The molecule has 0 aliphatic carbocycles. The van der Waals surface area contributed by atoms with E-state index in [2.05, 4.69) is 15.6 Å². The molecule has 0 unspecified atom stereocenters. The number of nitrogens with one attached hydrogen (secondary N) is 2. The number of hydrogen-bond donors (Lipinski definition) is 3. The first kappa shape index (κ1) is 24.0. The van der Waals surface area contributed by atoms with Crippen molar-refractivity contribution >= 4 is 29.7 Å². The molecule has 1 aliphatic rings. The molecule has 33 heavy (non-hydrogen) atoms. The van der Waals surface area contributed by atoms with Crippen LogP contribution in [0.5, 0.6) is 0 Å². The number of carbonyl (C=O) groups excluding carboxylic acids is 2. The molecule has 0 bridgehead atoms. The van der Waals surface area contributed by atoms with E-state index in [0.717, 1.165) is 37.7 Å². The molecule has 3 rings (SSSR count). The SMILES string of the molecule is O=C(O)Nc1cccc(C(=O)N2CCC(CCCCNC(=O)/C=C/c3cccnc3)CC2)c1. The van der Waals surface area contributed by atoms with Crippen molar-refractivity contribution in [3.63, 3.8) is 0 Å². The van der Waals surface area contributed by atoms with Crippen LogP contribution in [0.2, 0.25) is 0 Å². The first-order valence-corrected chi connectivity index (χ1v) is 11.3. The van der Waals surface area contributed by atoms with Crippen LogP contribution in [0.3, 0.4) is 0 Å². The Labute approximate surface area is 193 Å². The molecule has 8 heteroatoms. The molecule has 3 N–H and O–H groups in total. The number of likely N-dealkylation sites (tertiary alicyclic amines) is 1. The molecule has 1 aliphatic heterocycles. The average molecular weight is 451 g/mol. The Bertz CT molecular complexity index is 969. The second kappa shape index (κ2) is 12.4. The minimum atomic E-state index is -1.15. The zero-order valence-electron chi connectivity index (χ0n) is 18.6. The van der Waals surface area contributed by atoms with Gasteiger partial charge in [-0.15, -0.1) is 0 Å². The van der Waals surface area contributed by atoms with E-state index in [1.165, 1.54) is 6.08 Å². The Morgan fingerprint density at radius 1 is 1.12 bits per heavy atom. The summed E-state index contributed by atoms with van der Waals surface area (Å²) in [5.74, 6) is 0.410. The lowest BCUT2D eigenvalue weighted by Crippen LogP contribution is -2.38. The van der Waals surface area contributed by atoms with E-state index in [1.807, 2.05) is 17.0 Å². The van der Waals surface area contributed by atoms with E-state index < -0.39 is 6.09 Å². The third kappa shape index (κ3) is 8.07. The van der Waals surface area contributed by atoms with Gasteiger partial charge in [-0.05, 0) is 61.1 Å². The molecule has 0 atom stereocenters. The maximum absolute atomic E-state index is 12.8. The average Bonchev–Trinajstić information content (AvgIpc) is 2.83. The Balaban J connectivity index is 1.31. The van der Waals surface area contributed by atoms with Gasteiger partial charge in [0.05, 0.1) is 0 Å². The molecule has 0 saturated carbocycles. The molecule has 2 heterocycles. The van der Waals surface area contributed by atoms with Gasteiger partial charge in [0.2, 0.25) is 5.91 Å². The van der Waals surface area contributed by atoms with Crippen molar-refractivity contribution in [2.45, 2.75) is 32.1 Å².